The van der Waals surface area contributed by atoms with Crippen molar-refractivity contribution >= 4 is 17.5 Å². The quantitative estimate of drug-likeness (QED) is 0.808. The Morgan fingerprint density at radius 2 is 1.62 bits per heavy atom. The SMILES string of the molecule is Cc1cc(C)c(NC(=O)CNC(=O)c2cccc(C)c2O)c(C)c1. The maximum Gasteiger partial charge on any atom is 0.255 e. The summed E-state index contributed by atoms with van der Waals surface area (Å²) >= 11 is 0. The van der Waals surface area contributed by atoms with Crippen LogP contribution >= 0.6 is 0 Å². The summed E-state index contributed by atoms with van der Waals surface area (Å²) in [6, 6.07) is 8.90. The number of hydrogen-bond acceptors (Lipinski definition) is 3. The summed E-state index contributed by atoms with van der Waals surface area (Å²) in [5.74, 6) is -0.866. The van der Waals surface area contributed by atoms with Gasteiger partial charge >= 0.3 is 0 Å². The van der Waals surface area contributed by atoms with Crippen LogP contribution in [0, 0.1) is 27.7 Å². The van der Waals surface area contributed by atoms with Crippen LogP contribution in [0.2, 0.25) is 0 Å². The van der Waals surface area contributed by atoms with E-state index in [1.165, 1.54) is 6.07 Å². The number of aryl methyl sites for hydroxylation is 4. The summed E-state index contributed by atoms with van der Waals surface area (Å²) < 4.78 is 0. The second kappa shape index (κ2) is 7.17. The molecule has 0 aromatic heterocycles. The molecular weight excluding hydrogens is 304 g/mol. The van der Waals surface area contributed by atoms with Gasteiger partial charge in [0.05, 0.1) is 12.1 Å². The second-order valence-electron chi connectivity index (χ2n) is 5.98. The van der Waals surface area contributed by atoms with Gasteiger partial charge in [-0.05, 0) is 50.5 Å². The van der Waals surface area contributed by atoms with Gasteiger partial charge in [-0.2, -0.15) is 0 Å². The number of phenolic OH excluding ortho intramolecular Hbond substituents is 1. The van der Waals surface area contributed by atoms with Gasteiger partial charge < -0.3 is 15.7 Å². The van der Waals surface area contributed by atoms with Crippen molar-refractivity contribution in [3.05, 3.63) is 58.1 Å². The maximum absolute atomic E-state index is 12.1. The Balaban J connectivity index is 2.01. The lowest BCUT2D eigenvalue weighted by molar-refractivity contribution is -0.115. The summed E-state index contributed by atoms with van der Waals surface area (Å²) in [6.45, 7) is 7.40. The predicted molar refractivity (Wildman–Crippen MR) is 94.5 cm³/mol. The maximum atomic E-state index is 12.1. The first kappa shape index (κ1) is 17.5. The molecule has 0 heterocycles. The van der Waals surface area contributed by atoms with Gasteiger partial charge in [0, 0.05) is 5.69 Å². The molecule has 2 aromatic rings. The van der Waals surface area contributed by atoms with Gasteiger partial charge in [-0.1, -0.05) is 29.8 Å². The number of aromatic hydroxyl groups is 1. The average molecular weight is 326 g/mol. The zero-order valence-corrected chi connectivity index (χ0v) is 14.4. The number of benzene rings is 2. The van der Waals surface area contributed by atoms with Crippen molar-refractivity contribution in [1.82, 2.24) is 5.32 Å². The number of carbonyl (C=O) groups is 2. The molecule has 126 valence electrons. The van der Waals surface area contributed by atoms with Crippen LogP contribution in [-0.4, -0.2) is 23.5 Å². The lowest BCUT2D eigenvalue weighted by Gasteiger charge is -2.13. The topological polar surface area (TPSA) is 78.4 Å². The number of hydrogen-bond donors (Lipinski definition) is 3. The molecule has 0 fully saturated rings. The third-order valence-corrected chi connectivity index (χ3v) is 3.83. The largest absolute Gasteiger partial charge is 0.507 e. The number of phenols is 1. The number of anilines is 1. The molecule has 0 atom stereocenters. The molecule has 0 spiro atoms. The van der Waals surface area contributed by atoms with E-state index >= 15 is 0 Å². The summed E-state index contributed by atoms with van der Waals surface area (Å²) in [7, 11) is 0. The van der Waals surface area contributed by atoms with Crippen molar-refractivity contribution in [3.8, 4) is 5.75 Å². The molecule has 0 saturated heterocycles. The van der Waals surface area contributed by atoms with E-state index in [1.54, 1.807) is 19.1 Å². The monoisotopic (exact) mass is 326 g/mol. The second-order valence-corrected chi connectivity index (χ2v) is 5.98. The molecule has 2 rings (SSSR count). The molecule has 0 radical (unpaired) electrons. The Morgan fingerprint density at radius 3 is 2.25 bits per heavy atom. The molecule has 5 heteroatoms. The van der Waals surface area contributed by atoms with Crippen LogP contribution < -0.4 is 10.6 Å². The fraction of sp³-hybridized carbons (Fsp3) is 0.263. The van der Waals surface area contributed by atoms with Crippen LogP contribution in [0.3, 0.4) is 0 Å². The van der Waals surface area contributed by atoms with Crippen LogP contribution in [0.4, 0.5) is 5.69 Å². The van der Waals surface area contributed by atoms with Gasteiger partial charge in [-0.25, -0.2) is 0 Å². The van der Waals surface area contributed by atoms with Gasteiger partial charge in [0.2, 0.25) is 5.91 Å². The Hall–Kier alpha value is -2.82. The van der Waals surface area contributed by atoms with Gasteiger partial charge in [-0.3, -0.25) is 9.59 Å². The van der Waals surface area contributed by atoms with E-state index in [-0.39, 0.29) is 23.8 Å². The fourth-order valence-corrected chi connectivity index (χ4v) is 2.66. The molecule has 0 bridgehead atoms. The number of carbonyl (C=O) groups excluding carboxylic acids is 2. The minimum absolute atomic E-state index is 0.0689. The molecule has 2 amide bonds. The number of nitrogens with one attached hydrogen (secondary N) is 2. The van der Waals surface area contributed by atoms with Crippen molar-refractivity contribution in [2.75, 3.05) is 11.9 Å². The first-order valence-corrected chi connectivity index (χ1v) is 7.74. The Labute approximate surface area is 141 Å². The van der Waals surface area contributed by atoms with Gasteiger partial charge in [-0.15, -0.1) is 0 Å². The van der Waals surface area contributed by atoms with E-state index in [9.17, 15) is 14.7 Å². The highest BCUT2D eigenvalue weighted by Gasteiger charge is 2.14. The number of amides is 2. The van der Waals surface area contributed by atoms with E-state index in [1.807, 2.05) is 32.9 Å². The molecule has 0 unspecified atom stereocenters. The molecule has 0 saturated carbocycles. The van der Waals surface area contributed by atoms with Crippen molar-refractivity contribution in [2.24, 2.45) is 0 Å². The zero-order valence-electron chi connectivity index (χ0n) is 14.4. The third-order valence-electron chi connectivity index (χ3n) is 3.83. The highest BCUT2D eigenvalue weighted by Crippen LogP contribution is 2.22. The highest BCUT2D eigenvalue weighted by molar-refractivity contribution is 6.01. The van der Waals surface area contributed by atoms with Crippen molar-refractivity contribution in [2.45, 2.75) is 27.7 Å². The molecule has 0 aliphatic heterocycles. The summed E-state index contributed by atoms with van der Waals surface area (Å²) in [5.41, 5.74) is 4.61. The van der Waals surface area contributed by atoms with E-state index in [4.69, 9.17) is 0 Å². The van der Waals surface area contributed by atoms with Gasteiger partial charge in [0.1, 0.15) is 5.75 Å². The molecule has 3 N–H and O–H groups in total. The van der Waals surface area contributed by atoms with Crippen LogP contribution in [0.1, 0.15) is 32.6 Å². The third kappa shape index (κ3) is 3.93. The van der Waals surface area contributed by atoms with Crippen LogP contribution in [0.5, 0.6) is 5.75 Å². The minimum Gasteiger partial charge on any atom is -0.507 e. The highest BCUT2D eigenvalue weighted by atomic mass is 16.3. The summed E-state index contributed by atoms with van der Waals surface area (Å²) in [4.78, 5) is 24.2. The fourth-order valence-electron chi connectivity index (χ4n) is 2.66. The lowest BCUT2D eigenvalue weighted by Crippen LogP contribution is -2.33. The molecule has 5 nitrogen and oxygen atoms in total. The molecule has 24 heavy (non-hydrogen) atoms. The van der Waals surface area contributed by atoms with Crippen LogP contribution in [-0.2, 0) is 4.79 Å². The number of para-hydroxylation sites is 1. The molecule has 0 aliphatic rings. The first-order valence-electron chi connectivity index (χ1n) is 7.74. The van der Waals surface area contributed by atoms with E-state index in [0.717, 1.165) is 22.4 Å². The molecule has 0 aliphatic carbocycles. The van der Waals surface area contributed by atoms with Gasteiger partial charge in [0.25, 0.3) is 5.91 Å². The normalized spacial score (nSPS) is 10.3. The van der Waals surface area contributed by atoms with Gasteiger partial charge in [0.15, 0.2) is 0 Å². The van der Waals surface area contributed by atoms with E-state index in [0.29, 0.717) is 5.56 Å². The Bertz CT molecular complexity index is 774. The summed E-state index contributed by atoms with van der Waals surface area (Å²) in [5, 5.41) is 15.3. The van der Waals surface area contributed by atoms with Crippen LogP contribution in [0.15, 0.2) is 30.3 Å². The lowest BCUT2D eigenvalue weighted by atomic mass is 10.1. The van der Waals surface area contributed by atoms with Crippen molar-refractivity contribution < 1.29 is 14.7 Å². The first-order chi connectivity index (χ1) is 11.3. The standard InChI is InChI=1S/C19H22N2O3/c1-11-8-13(3)17(14(4)9-11)21-16(22)10-20-19(24)15-7-5-6-12(2)18(15)23/h5-9,23H,10H2,1-4H3,(H,20,24)(H,21,22). The van der Waals surface area contributed by atoms with Crippen molar-refractivity contribution in [1.29, 1.82) is 0 Å². The smallest absolute Gasteiger partial charge is 0.255 e. The predicted octanol–water partition coefficient (Wildman–Crippen LogP) is 2.99. The Morgan fingerprint density at radius 1 is 1.00 bits per heavy atom. The number of rotatable bonds is 4. The van der Waals surface area contributed by atoms with E-state index in [2.05, 4.69) is 10.6 Å². The minimum atomic E-state index is -0.483. The average Bonchev–Trinajstić information content (AvgIpc) is 2.51. The zero-order chi connectivity index (χ0) is 17.9. The van der Waals surface area contributed by atoms with Crippen molar-refractivity contribution in [3.63, 3.8) is 0 Å². The molecule has 2 aromatic carbocycles. The van der Waals surface area contributed by atoms with Crippen LogP contribution in [0.25, 0.3) is 0 Å². The summed E-state index contributed by atoms with van der Waals surface area (Å²) in [6.07, 6.45) is 0. The van der Waals surface area contributed by atoms with E-state index < -0.39 is 5.91 Å². The molecular formula is C19H22N2O3. The Kier molecular flexibility index (Phi) is 5.24.